The van der Waals surface area contributed by atoms with Gasteiger partial charge in [-0.2, -0.15) is 0 Å². The monoisotopic (exact) mass is 216 g/mol. The van der Waals surface area contributed by atoms with E-state index in [0.717, 1.165) is 0 Å². The van der Waals surface area contributed by atoms with Crippen molar-refractivity contribution in [2.75, 3.05) is 20.1 Å². The van der Waals surface area contributed by atoms with Crippen molar-refractivity contribution in [1.29, 1.82) is 0 Å². The molecule has 0 fully saturated rings. The van der Waals surface area contributed by atoms with E-state index in [1.165, 1.54) is 6.92 Å². The van der Waals surface area contributed by atoms with Gasteiger partial charge in [0.15, 0.2) is 0 Å². The molecule has 0 aromatic carbocycles. The molecule has 0 aliphatic carbocycles. The number of hydrogen-bond donors (Lipinski definition) is 2. The predicted molar refractivity (Wildman–Crippen MR) is 57.6 cm³/mol. The summed E-state index contributed by atoms with van der Waals surface area (Å²) in [6.45, 7) is 6.19. The number of carbonyl (C=O) groups excluding carboxylic acids is 1. The van der Waals surface area contributed by atoms with Gasteiger partial charge in [-0.15, -0.1) is 0 Å². The van der Waals surface area contributed by atoms with Gasteiger partial charge in [-0.3, -0.25) is 14.5 Å². The number of aliphatic carboxylic acids is 1. The first-order valence-corrected chi connectivity index (χ1v) is 5.03. The molecule has 0 aromatic heterocycles. The quantitative estimate of drug-likeness (QED) is 0.663. The fourth-order valence-electron chi connectivity index (χ4n) is 1.53. The summed E-state index contributed by atoms with van der Waals surface area (Å²) in [5, 5.41) is 11.6. The van der Waals surface area contributed by atoms with E-state index in [0.29, 0.717) is 13.1 Å². The van der Waals surface area contributed by atoms with Crippen molar-refractivity contribution in [3.05, 3.63) is 0 Å². The normalized spacial score (nSPS) is 12.9. The van der Waals surface area contributed by atoms with Gasteiger partial charge >= 0.3 is 5.97 Å². The van der Waals surface area contributed by atoms with Gasteiger partial charge in [0, 0.05) is 20.0 Å². The van der Waals surface area contributed by atoms with Crippen molar-refractivity contribution in [3.8, 4) is 0 Å². The van der Waals surface area contributed by atoms with Crippen LogP contribution in [0.5, 0.6) is 0 Å². The van der Waals surface area contributed by atoms with Crippen LogP contribution in [0.4, 0.5) is 0 Å². The zero-order chi connectivity index (χ0) is 12.0. The third kappa shape index (κ3) is 5.37. The molecule has 1 atom stereocenters. The van der Waals surface area contributed by atoms with Gasteiger partial charge in [-0.25, -0.2) is 0 Å². The van der Waals surface area contributed by atoms with Crippen LogP contribution in [0, 0.1) is 5.92 Å². The molecule has 5 nitrogen and oxygen atoms in total. The summed E-state index contributed by atoms with van der Waals surface area (Å²) in [6, 6.07) is -0.501. The Hall–Kier alpha value is -1.10. The summed E-state index contributed by atoms with van der Waals surface area (Å²) in [5.74, 6) is -0.875. The zero-order valence-electron chi connectivity index (χ0n) is 9.78. The smallest absolute Gasteiger partial charge is 0.321 e. The molecule has 0 unspecified atom stereocenters. The molecule has 0 aromatic rings. The second-order valence-corrected chi connectivity index (χ2v) is 3.99. The fraction of sp³-hybridized carbons (Fsp3) is 0.800. The Balaban J connectivity index is 4.09. The Morgan fingerprint density at radius 2 is 1.93 bits per heavy atom. The van der Waals surface area contributed by atoms with Crippen LogP contribution < -0.4 is 5.32 Å². The van der Waals surface area contributed by atoms with Crippen molar-refractivity contribution >= 4 is 11.9 Å². The zero-order valence-corrected chi connectivity index (χ0v) is 9.78. The Morgan fingerprint density at radius 3 is 2.27 bits per heavy atom. The molecule has 0 radical (unpaired) electrons. The third-order valence-electron chi connectivity index (χ3n) is 2.20. The number of hydrogen-bond acceptors (Lipinski definition) is 3. The van der Waals surface area contributed by atoms with Crippen LogP contribution in [0.3, 0.4) is 0 Å². The first-order chi connectivity index (χ1) is 6.86. The summed E-state index contributed by atoms with van der Waals surface area (Å²) >= 11 is 0. The molecule has 0 spiro atoms. The van der Waals surface area contributed by atoms with Gasteiger partial charge < -0.3 is 10.4 Å². The van der Waals surface area contributed by atoms with Gasteiger partial charge in [-0.05, 0) is 13.0 Å². The van der Waals surface area contributed by atoms with Crippen LogP contribution >= 0.6 is 0 Å². The number of carbonyl (C=O) groups is 2. The van der Waals surface area contributed by atoms with Crippen molar-refractivity contribution < 1.29 is 14.7 Å². The average Bonchev–Trinajstić information content (AvgIpc) is 2.01. The molecule has 0 rings (SSSR count). The first kappa shape index (κ1) is 13.9. The molecule has 2 N–H and O–H groups in total. The molecular formula is C10H20N2O3. The van der Waals surface area contributed by atoms with Gasteiger partial charge in [0.2, 0.25) is 5.91 Å². The Bertz CT molecular complexity index is 229. The van der Waals surface area contributed by atoms with Crippen molar-refractivity contribution in [2.24, 2.45) is 5.92 Å². The molecule has 0 saturated carbocycles. The maximum absolute atomic E-state index is 11.0. The van der Waals surface area contributed by atoms with Crippen LogP contribution in [0.1, 0.15) is 20.8 Å². The first-order valence-electron chi connectivity index (χ1n) is 5.03. The Morgan fingerprint density at radius 1 is 1.40 bits per heavy atom. The summed E-state index contributed by atoms with van der Waals surface area (Å²) in [4.78, 5) is 23.3. The number of nitrogens with zero attached hydrogens (tertiary/aromatic N) is 1. The van der Waals surface area contributed by atoms with Crippen LogP contribution in [0.25, 0.3) is 0 Å². The van der Waals surface area contributed by atoms with E-state index in [4.69, 9.17) is 5.11 Å². The molecule has 0 saturated heterocycles. The average molecular weight is 216 g/mol. The molecule has 0 aliphatic heterocycles. The minimum absolute atomic E-state index is 0.0461. The van der Waals surface area contributed by atoms with Crippen LogP contribution in [-0.2, 0) is 9.59 Å². The van der Waals surface area contributed by atoms with Crippen molar-refractivity contribution in [3.63, 3.8) is 0 Å². The Kier molecular flexibility index (Phi) is 5.93. The van der Waals surface area contributed by atoms with Crippen LogP contribution in [0.2, 0.25) is 0 Å². The molecule has 88 valence electrons. The largest absolute Gasteiger partial charge is 0.480 e. The van der Waals surface area contributed by atoms with E-state index in [9.17, 15) is 9.59 Å². The highest BCUT2D eigenvalue weighted by Crippen LogP contribution is 2.08. The Labute approximate surface area is 90.5 Å². The molecular weight excluding hydrogens is 196 g/mol. The number of carboxylic acid groups (broad SMARTS) is 1. The second kappa shape index (κ2) is 6.40. The van der Waals surface area contributed by atoms with Gasteiger partial charge in [0.1, 0.15) is 6.04 Å². The van der Waals surface area contributed by atoms with Crippen LogP contribution in [0.15, 0.2) is 0 Å². The number of rotatable bonds is 6. The SMILES string of the molecule is CC(=O)NCCN(C)[C@H](C(=O)O)C(C)C. The van der Waals surface area contributed by atoms with Gasteiger partial charge in [0.05, 0.1) is 0 Å². The second-order valence-electron chi connectivity index (χ2n) is 3.99. The van der Waals surface area contributed by atoms with E-state index < -0.39 is 12.0 Å². The van der Waals surface area contributed by atoms with Crippen LogP contribution in [-0.4, -0.2) is 48.1 Å². The number of amides is 1. The summed E-state index contributed by atoms with van der Waals surface area (Å²) < 4.78 is 0. The number of carboxylic acids is 1. The molecule has 0 aliphatic rings. The van der Waals surface area contributed by atoms with Gasteiger partial charge in [0.25, 0.3) is 0 Å². The minimum Gasteiger partial charge on any atom is -0.480 e. The fourth-order valence-corrected chi connectivity index (χ4v) is 1.53. The molecule has 0 heterocycles. The highest BCUT2D eigenvalue weighted by atomic mass is 16.4. The summed E-state index contributed by atoms with van der Waals surface area (Å²) in [6.07, 6.45) is 0. The number of likely N-dealkylation sites (N-methyl/N-ethyl adjacent to an activating group) is 1. The minimum atomic E-state index is -0.824. The maximum Gasteiger partial charge on any atom is 0.321 e. The van der Waals surface area contributed by atoms with Crippen molar-refractivity contribution in [2.45, 2.75) is 26.8 Å². The predicted octanol–water partition coefficient (Wildman–Crippen LogP) is 0.164. The number of nitrogens with one attached hydrogen (secondary N) is 1. The lowest BCUT2D eigenvalue weighted by Gasteiger charge is -2.27. The third-order valence-corrected chi connectivity index (χ3v) is 2.20. The van der Waals surface area contributed by atoms with E-state index in [1.54, 1.807) is 11.9 Å². The molecule has 0 bridgehead atoms. The molecule has 15 heavy (non-hydrogen) atoms. The standard InChI is InChI=1S/C10H20N2O3/c1-7(2)9(10(14)15)12(4)6-5-11-8(3)13/h7,9H,5-6H2,1-4H3,(H,11,13)(H,14,15)/t9-/m0/s1. The summed E-state index contributed by atoms with van der Waals surface area (Å²) in [5.41, 5.74) is 0. The lowest BCUT2D eigenvalue weighted by Crippen LogP contribution is -2.45. The lowest BCUT2D eigenvalue weighted by molar-refractivity contribution is -0.144. The molecule has 5 heteroatoms. The van der Waals surface area contributed by atoms with E-state index in [2.05, 4.69) is 5.32 Å². The topological polar surface area (TPSA) is 69.6 Å². The maximum atomic E-state index is 11.0. The molecule has 1 amide bonds. The lowest BCUT2D eigenvalue weighted by atomic mass is 10.0. The van der Waals surface area contributed by atoms with Gasteiger partial charge in [-0.1, -0.05) is 13.8 Å². The highest BCUT2D eigenvalue weighted by molar-refractivity contribution is 5.74. The highest BCUT2D eigenvalue weighted by Gasteiger charge is 2.25. The van der Waals surface area contributed by atoms with E-state index in [1.807, 2.05) is 13.8 Å². The van der Waals surface area contributed by atoms with Crippen molar-refractivity contribution in [1.82, 2.24) is 10.2 Å². The van der Waals surface area contributed by atoms with E-state index >= 15 is 0 Å². The van der Waals surface area contributed by atoms with E-state index in [-0.39, 0.29) is 11.8 Å². The summed E-state index contributed by atoms with van der Waals surface area (Å²) in [7, 11) is 1.75.